The van der Waals surface area contributed by atoms with Gasteiger partial charge in [-0.05, 0) is 55.3 Å². The molecule has 4 N–H and O–H groups in total. The number of nitrogens with two attached hydrogens (primary N) is 2. The number of hydrogen-bond acceptors (Lipinski definition) is 8. The molecule has 4 aliphatic carbocycles. The van der Waals surface area contributed by atoms with Gasteiger partial charge in [-0.15, -0.1) is 0 Å². The molecule has 0 aliphatic heterocycles. The van der Waals surface area contributed by atoms with Crippen LogP contribution in [0.2, 0.25) is 0 Å². The summed E-state index contributed by atoms with van der Waals surface area (Å²) in [6.45, 7) is 1.90. The van der Waals surface area contributed by atoms with Gasteiger partial charge in [-0.25, -0.2) is 35.5 Å². The van der Waals surface area contributed by atoms with Gasteiger partial charge in [0, 0.05) is 6.26 Å². The third-order valence-electron chi connectivity index (χ3n) is 6.83. The maximum Gasteiger partial charge on any atom is 0.335 e. The van der Waals surface area contributed by atoms with Crippen LogP contribution in [0, 0.1) is 29.6 Å². The Hall–Kier alpha value is -0.670. The molecular weight excluding hydrogens is 488 g/mol. The van der Waals surface area contributed by atoms with Gasteiger partial charge in [0.05, 0.1) is 15.7 Å². The fourth-order valence-electron chi connectivity index (χ4n) is 5.70. The highest BCUT2D eigenvalue weighted by Crippen LogP contribution is 2.52. The van der Waals surface area contributed by atoms with Crippen LogP contribution in [0.15, 0.2) is 12.2 Å². The van der Waals surface area contributed by atoms with E-state index in [1.807, 2.05) is 13.0 Å². The molecule has 0 aromatic heterocycles. The average molecular weight is 521 g/mol. The molecule has 0 aromatic carbocycles. The van der Waals surface area contributed by atoms with E-state index in [0.717, 1.165) is 12.8 Å². The van der Waals surface area contributed by atoms with Gasteiger partial charge < -0.3 is 0 Å². The first-order valence-corrected chi connectivity index (χ1v) is 15.3. The molecule has 0 heterocycles. The van der Waals surface area contributed by atoms with Crippen molar-refractivity contribution in [2.24, 2.45) is 39.9 Å². The van der Waals surface area contributed by atoms with E-state index in [-0.39, 0.29) is 36.3 Å². The molecule has 182 valence electrons. The monoisotopic (exact) mass is 520 g/mol. The number of rotatable bonds is 3. The van der Waals surface area contributed by atoms with Gasteiger partial charge in [0.15, 0.2) is 9.84 Å². The van der Waals surface area contributed by atoms with E-state index in [0.29, 0.717) is 18.8 Å². The molecule has 0 saturated heterocycles. The van der Waals surface area contributed by atoms with Crippen molar-refractivity contribution >= 4 is 41.5 Å². The van der Waals surface area contributed by atoms with Crippen molar-refractivity contribution in [3.63, 3.8) is 0 Å². The van der Waals surface area contributed by atoms with Crippen molar-refractivity contribution in [2.75, 3.05) is 6.26 Å². The summed E-state index contributed by atoms with van der Waals surface area (Å²) in [5.41, 5.74) is 0. The van der Waals surface area contributed by atoms with Crippen LogP contribution in [0.1, 0.15) is 40.0 Å². The van der Waals surface area contributed by atoms with Gasteiger partial charge in [-0.1, -0.05) is 26.5 Å². The summed E-state index contributed by atoms with van der Waals surface area (Å²) < 4.78 is 84.6. The van der Waals surface area contributed by atoms with Crippen LogP contribution in [-0.2, 0) is 41.5 Å². The summed E-state index contributed by atoms with van der Waals surface area (Å²) in [5, 5.41) is 8.74. The van der Waals surface area contributed by atoms with Gasteiger partial charge in [-0.2, -0.15) is 8.42 Å². The highest BCUT2D eigenvalue weighted by atomic mass is 32.2. The second kappa shape index (κ2) is 10.1. The van der Waals surface area contributed by atoms with E-state index < -0.39 is 52.0 Å². The minimum absolute atomic E-state index is 0. The molecule has 14 heteroatoms. The molecule has 0 spiro atoms. The smallest absolute Gasteiger partial charge is 0.229 e. The summed E-state index contributed by atoms with van der Waals surface area (Å²) in [6, 6.07) is 0. The lowest BCUT2D eigenvalue weighted by molar-refractivity contribution is 0.357. The summed E-state index contributed by atoms with van der Waals surface area (Å²) in [4.78, 5) is 0. The maximum atomic E-state index is 11.7. The third-order valence-corrected chi connectivity index (χ3v) is 11.4. The summed E-state index contributed by atoms with van der Waals surface area (Å²) in [5.74, 6) is 0.620. The molecule has 0 radical (unpaired) electrons. The predicted molar refractivity (Wildman–Crippen MR) is 119 cm³/mol. The molecule has 0 aromatic rings. The van der Waals surface area contributed by atoms with Crippen LogP contribution in [-0.4, -0.2) is 55.7 Å². The SMILES string of the molecule is C.CC1C2CC(C1S(C)(=O)=O)C(S(N)(=O)=O)C2.NS(=O)(=O)C1CC2C=CC1C2.O=S=O. The second-order valence-electron chi connectivity index (χ2n) is 8.65. The van der Waals surface area contributed by atoms with Crippen molar-refractivity contribution < 1.29 is 33.7 Å². The number of fused-ring (bicyclic) bond motifs is 4. The van der Waals surface area contributed by atoms with Gasteiger partial charge >= 0.3 is 11.6 Å². The summed E-state index contributed by atoms with van der Waals surface area (Å²) >= 11 is -0.750. The van der Waals surface area contributed by atoms with Crippen molar-refractivity contribution in [1.29, 1.82) is 0 Å². The highest BCUT2D eigenvalue weighted by Gasteiger charge is 2.57. The third kappa shape index (κ3) is 6.44. The van der Waals surface area contributed by atoms with Gasteiger partial charge in [0.25, 0.3) is 0 Å². The molecule has 31 heavy (non-hydrogen) atoms. The second-order valence-corrected chi connectivity index (χ2v) is 14.6. The molecule has 10 nitrogen and oxygen atoms in total. The lowest BCUT2D eigenvalue weighted by Gasteiger charge is -2.31. The van der Waals surface area contributed by atoms with Gasteiger partial charge in [0.2, 0.25) is 20.0 Å². The quantitative estimate of drug-likeness (QED) is 0.484. The van der Waals surface area contributed by atoms with Gasteiger partial charge in [-0.3, -0.25) is 0 Å². The Morgan fingerprint density at radius 1 is 0.839 bits per heavy atom. The number of sulfone groups is 1. The molecular formula is C17H32N2O8S4. The van der Waals surface area contributed by atoms with E-state index in [1.54, 1.807) is 0 Å². The Kier molecular flexibility index (Phi) is 9.22. The summed E-state index contributed by atoms with van der Waals surface area (Å²) in [7, 11) is -10.1. The Morgan fingerprint density at radius 2 is 1.35 bits per heavy atom. The van der Waals surface area contributed by atoms with Crippen LogP contribution in [0.4, 0.5) is 0 Å². The minimum atomic E-state index is -3.61. The zero-order chi connectivity index (χ0) is 23.1. The topological polar surface area (TPSA) is 189 Å². The number of allylic oxidation sites excluding steroid dienone is 2. The zero-order valence-electron chi connectivity index (χ0n) is 16.7. The summed E-state index contributed by atoms with van der Waals surface area (Å²) in [6.07, 6.45) is 8.21. The molecule has 3 saturated carbocycles. The van der Waals surface area contributed by atoms with Crippen LogP contribution >= 0.6 is 0 Å². The van der Waals surface area contributed by atoms with E-state index in [9.17, 15) is 25.3 Å². The lowest BCUT2D eigenvalue weighted by atomic mass is 9.90. The Labute approximate surface area is 188 Å². The molecule has 4 bridgehead atoms. The first-order valence-electron chi connectivity index (χ1n) is 9.43. The van der Waals surface area contributed by atoms with E-state index >= 15 is 0 Å². The average Bonchev–Trinajstić information content (AvgIpc) is 3.33. The normalized spacial score (nSPS) is 37.8. The van der Waals surface area contributed by atoms with Crippen molar-refractivity contribution in [1.82, 2.24) is 0 Å². The Morgan fingerprint density at radius 3 is 1.65 bits per heavy atom. The molecule has 8 unspecified atom stereocenters. The van der Waals surface area contributed by atoms with Crippen LogP contribution in [0.3, 0.4) is 0 Å². The van der Waals surface area contributed by atoms with Crippen molar-refractivity contribution in [3.05, 3.63) is 12.2 Å². The first kappa shape index (κ1) is 28.4. The number of primary sulfonamides is 2. The lowest BCUT2D eigenvalue weighted by Crippen LogP contribution is -2.44. The van der Waals surface area contributed by atoms with E-state index in [4.69, 9.17) is 18.7 Å². The fourth-order valence-corrected chi connectivity index (χ4v) is 10.2. The van der Waals surface area contributed by atoms with Crippen LogP contribution < -0.4 is 10.3 Å². The van der Waals surface area contributed by atoms with E-state index in [1.165, 1.54) is 6.26 Å². The molecule has 3 fully saturated rings. The van der Waals surface area contributed by atoms with Crippen molar-refractivity contribution in [3.8, 4) is 0 Å². The zero-order valence-corrected chi connectivity index (χ0v) is 19.9. The largest absolute Gasteiger partial charge is 0.335 e. The predicted octanol–water partition coefficient (Wildman–Crippen LogP) is -0.0620. The molecule has 4 aliphatic rings. The van der Waals surface area contributed by atoms with E-state index in [2.05, 4.69) is 6.08 Å². The maximum absolute atomic E-state index is 11.7. The first-order chi connectivity index (χ1) is 13.6. The number of hydrogen-bond donors (Lipinski definition) is 2. The fraction of sp³-hybridized carbons (Fsp3) is 0.882. The minimum Gasteiger partial charge on any atom is -0.229 e. The molecule has 4 rings (SSSR count). The highest BCUT2D eigenvalue weighted by molar-refractivity contribution is 7.91. The standard InChI is InChI=1S/C9H17NO4S2.C7H11NO2S.CH4.O2S/c1-5-6-3-7(9(5)15(2,11)12)8(4-6)16(10,13)14;8-11(9,10)7-4-5-1-2-6(7)3-5;;1-3-2/h5-9H,3-4H2,1-2H3,(H2,10,13,14);1-2,5-7H,3-4H2,(H2,8,9,10);1H4;. The number of sulfonamides is 2. The molecule has 0 amide bonds. The van der Waals surface area contributed by atoms with Crippen molar-refractivity contribution in [2.45, 2.75) is 55.8 Å². The van der Waals surface area contributed by atoms with Gasteiger partial charge in [0.1, 0.15) is 0 Å². The Balaban J connectivity index is 0.000000280. The van der Waals surface area contributed by atoms with Crippen LogP contribution in [0.25, 0.3) is 0 Å². The molecule has 8 atom stereocenters. The van der Waals surface area contributed by atoms with Crippen LogP contribution in [0.5, 0.6) is 0 Å². The Bertz CT molecular complexity index is 1030.